The molecule has 192 valence electrons. The standard InChI is InChI=1S/C30H32F4O2/c1-3-5-19-6-10-21(11-7-19)23-14-15-24(28(32)27(23)31)22-12-8-20(9-13-22)18-36-26-17-16-25(35-4-2)29(33)30(26)34/h8-9,12-17,19,21H,3-7,10-11,18H2,1-2H3. The van der Waals surface area contributed by atoms with Gasteiger partial charge >= 0.3 is 0 Å². The molecule has 36 heavy (non-hydrogen) atoms. The normalized spacial score (nSPS) is 17.7. The number of rotatable bonds is 9. The minimum Gasteiger partial charge on any atom is -0.491 e. The van der Waals surface area contributed by atoms with Crippen molar-refractivity contribution in [3.05, 3.63) is 82.9 Å². The fourth-order valence-corrected chi connectivity index (χ4v) is 5.11. The van der Waals surface area contributed by atoms with Crippen molar-refractivity contribution >= 4 is 0 Å². The second kappa shape index (κ2) is 11.8. The molecule has 2 nitrogen and oxygen atoms in total. The van der Waals surface area contributed by atoms with Gasteiger partial charge in [-0.15, -0.1) is 0 Å². The van der Waals surface area contributed by atoms with Gasteiger partial charge < -0.3 is 9.47 Å². The summed E-state index contributed by atoms with van der Waals surface area (Å²) >= 11 is 0. The monoisotopic (exact) mass is 500 g/mol. The molecule has 0 heterocycles. The van der Waals surface area contributed by atoms with Gasteiger partial charge in [-0.2, -0.15) is 8.78 Å². The van der Waals surface area contributed by atoms with E-state index in [1.54, 1.807) is 43.3 Å². The Morgan fingerprint density at radius 2 is 1.33 bits per heavy atom. The van der Waals surface area contributed by atoms with Gasteiger partial charge in [0.2, 0.25) is 11.6 Å². The smallest absolute Gasteiger partial charge is 0.204 e. The summed E-state index contributed by atoms with van der Waals surface area (Å²) in [5.74, 6) is -3.44. The molecule has 0 bridgehead atoms. The molecule has 0 atom stereocenters. The lowest BCUT2D eigenvalue weighted by atomic mass is 9.77. The first-order chi connectivity index (χ1) is 17.4. The van der Waals surface area contributed by atoms with Gasteiger partial charge in [0.25, 0.3) is 0 Å². The second-order valence-electron chi connectivity index (χ2n) is 9.45. The molecule has 0 amide bonds. The molecule has 0 unspecified atom stereocenters. The molecule has 1 saturated carbocycles. The van der Waals surface area contributed by atoms with Gasteiger partial charge in [-0.3, -0.25) is 0 Å². The Morgan fingerprint density at radius 1 is 0.694 bits per heavy atom. The van der Waals surface area contributed by atoms with Gasteiger partial charge in [-0.05, 0) is 73.3 Å². The Morgan fingerprint density at radius 3 is 1.94 bits per heavy atom. The highest BCUT2D eigenvalue weighted by Gasteiger charge is 2.26. The van der Waals surface area contributed by atoms with Crippen molar-refractivity contribution in [1.29, 1.82) is 0 Å². The molecule has 1 aliphatic carbocycles. The topological polar surface area (TPSA) is 18.5 Å². The quantitative estimate of drug-likeness (QED) is 0.273. The van der Waals surface area contributed by atoms with E-state index < -0.39 is 23.3 Å². The highest BCUT2D eigenvalue weighted by molar-refractivity contribution is 5.65. The Balaban J connectivity index is 1.43. The van der Waals surface area contributed by atoms with Crippen molar-refractivity contribution < 1.29 is 27.0 Å². The van der Waals surface area contributed by atoms with Gasteiger partial charge in [0.15, 0.2) is 23.1 Å². The maximum absolute atomic E-state index is 15.1. The van der Waals surface area contributed by atoms with Gasteiger partial charge in [-0.1, -0.05) is 56.2 Å². The van der Waals surface area contributed by atoms with E-state index in [0.717, 1.165) is 32.1 Å². The zero-order valence-electron chi connectivity index (χ0n) is 20.8. The molecule has 3 aromatic rings. The van der Waals surface area contributed by atoms with Crippen LogP contribution >= 0.6 is 0 Å². The van der Waals surface area contributed by atoms with Crippen molar-refractivity contribution in [3.63, 3.8) is 0 Å². The van der Waals surface area contributed by atoms with E-state index in [1.165, 1.54) is 18.6 Å². The Labute approximate surface area is 210 Å². The number of halogens is 4. The predicted molar refractivity (Wildman–Crippen MR) is 133 cm³/mol. The molecule has 0 N–H and O–H groups in total. The van der Waals surface area contributed by atoms with Crippen LogP contribution in [-0.4, -0.2) is 6.61 Å². The summed E-state index contributed by atoms with van der Waals surface area (Å²) in [6, 6.07) is 12.7. The molecule has 4 rings (SSSR count). The molecule has 0 radical (unpaired) electrons. The van der Waals surface area contributed by atoms with E-state index in [4.69, 9.17) is 9.47 Å². The predicted octanol–water partition coefficient (Wildman–Crippen LogP) is 8.96. The lowest BCUT2D eigenvalue weighted by molar-refractivity contribution is 0.274. The second-order valence-corrected chi connectivity index (χ2v) is 9.45. The Kier molecular flexibility index (Phi) is 8.55. The number of ether oxygens (including phenoxy) is 2. The largest absolute Gasteiger partial charge is 0.491 e. The molecular weight excluding hydrogens is 468 g/mol. The zero-order chi connectivity index (χ0) is 25.7. The van der Waals surface area contributed by atoms with Crippen LogP contribution in [-0.2, 0) is 6.61 Å². The summed E-state index contributed by atoms with van der Waals surface area (Å²) in [7, 11) is 0. The van der Waals surface area contributed by atoms with Gasteiger partial charge in [0, 0.05) is 5.56 Å². The van der Waals surface area contributed by atoms with Gasteiger partial charge in [0.05, 0.1) is 6.61 Å². The van der Waals surface area contributed by atoms with E-state index in [1.807, 2.05) is 0 Å². The van der Waals surface area contributed by atoms with Crippen LogP contribution in [0.1, 0.15) is 69.4 Å². The van der Waals surface area contributed by atoms with Crippen LogP contribution in [0, 0.1) is 29.2 Å². The average Bonchev–Trinajstić information content (AvgIpc) is 2.89. The van der Waals surface area contributed by atoms with Crippen LogP contribution < -0.4 is 9.47 Å². The summed E-state index contributed by atoms with van der Waals surface area (Å²) in [6.07, 6.45) is 6.29. The van der Waals surface area contributed by atoms with Crippen molar-refractivity contribution in [1.82, 2.24) is 0 Å². The summed E-state index contributed by atoms with van der Waals surface area (Å²) in [6.45, 7) is 4.07. The first-order valence-electron chi connectivity index (χ1n) is 12.7. The Hall–Kier alpha value is -3.02. The molecule has 1 aliphatic rings. The van der Waals surface area contributed by atoms with Crippen molar-refractivity contribution in [3.8, 4) is 22.6 Å². The number of hydrogen-bond acceptors (Lipinski definition) is 2. The summed E-state index contributed by atoms with van der Waals surface area (Å²) in [5, 5.41) is 0. The molecule has 0 spiro atoms. The number of benzene rings is 3. The Bertz CT molecular complexity index is 1170. The van der Waals surface area contributed by atoms with Gasteiger partial charge in [-0.25, -0.2) is 8.78 Å². The maximum Gasteiger partial charge on any atom is 0.204 e. The molecule has 6 heteroatoms. The third kappa shape index (κ3) is 5.69. The van der Waals surface area contributed by atoms with E-state index >= 15 is 8.78 Å². The molecule has 3 aromatic carbocycles. The maximum atomic E-state index is 15.1. The highest BCUT2D eigenvalue weighted by atomic mass is 19.2. The lowest BCUT2D eigenvalue weighted by Crippen LogP contribution is -2.15. The molecule has 0 aliphatic heterocycles. The lowest BCUT2D eigenvalue weighted by Gasteiger charge is -2.29. The van der Waals surface area contributed by atoms with Crippen molar-refractivity contribution in [2.24, 2.45) is 5.92 Å². The van der Waals surface area contributed by atoms with Gasteiger partial charge in [0.1, 0.15) is 6.61 Å². The fourth-order valence-electron chi connectivity index (χ4n) is 5.11. The highest BCUT2D eigenvalue weighted by Crippen LogP contribution is 2.40. The van der Waals surface area contributed by atoms with Crippen molar-refractivity contribution in [2.45, 2.75) is 64.9 Å². The van der Waals surface area contributed by atoms with E-state index in [-0.39, 0.29) is 36.2 Å². The molecule has 1 fully saturated rings. The van der Waals surface area contributed by atoms with E-state index in [9.17, 15) is 8.78 Å². The molecular formula is C30H32F4O2. The van der Waals surface area contributed by atoms with E-state index in [2.05, 4.69) is 6.92 Å². The van der Waals surface area contributed by atoms with Crippen LogP contribution in [0.15, 0.2) is 48.5 Å². The minimum atomic E-state index is -1.12. The van der Waals surface area contributed by atoms with Crippen LogP contribution in [0.4, 0.5) is 17.6 Å². The van der Waals surface area contributed by atoms with Crippen LogP contribution in [0.5, 0.6) is 11.5 Å². The van der Waals surface area contributed by atoms with E-state index in [0.29, 0.717) is 22.6 Å². The third-order valence-electron chi connectivity index (χ3n) is 7.07. The minimum absolute atomic E-state index is 0.0128. The summed E-state index contributed by atoms with van der Waals surface area (Å²) < 4.78 is 68.8. The number of hydrogen-bond donors (Lipinski definition) is 0. The van der Waals surface area contributed by atoms with Crippen molar-refractivity contribution in [2.75, 3.05) is 6.61 Å². The summed E-state index contributed by atoms with van der Waals surface area (Å²) in [5.41, 5.74) is 1.88. The zero-order valence-corrected chi connectivity index (χ0v) is 20.8. The van der Waals surface area contributed by atoms with Crippen LogP contribution in [0.3, 0.4) is 0 Å². The molecule has 0 aromatic heterocycles. The van der Waals surface area contributed by atoms with Crippen LogP contribution in [0.2, 0.25) is 0 Å². The SMILES string of the molecule is CCCC1CCC(c2ccc(-c3ccc(COc4ccc(OCC)c(F)c4F)cc3)c(F)c2F)CC1. The third-order valence-corrected chi connectivity index (χ3v) is 7.07. The van der Waals surface area contributed by atoms with Crippen LogP contribution in [0.25, 0.3) is 11.1 Å². The average molecular weight is 501 g/mol. The summed E-state index contributed by atoms with van der Waals surface area (Å²) in [4.78, 5) is 0. The molecule has 0 saturated heterocycles. The fraction of sp³-hybridized carbons (Fsp3) is 0.400. The first-order valence-corrected chi connectivity index (χ1v) is 12.7. The first kappa shape index (κ1) is 26.1.